The summed E-state index contributed by atoms with van der Waals surface area (Å²) < 4.78 is 28.2. The van der Waals surface area contributed by atoms with Gasteiger partial charge in [0.1, 0.15) is 6.04 Å². The predicted molar refractivity (Wildman–Crippen MR) is 110 cm³/mol. The van der Waals surface area contributed by atoms with Gasteiger partial charge in [0.15, 0.2) is 0 Å². The van der Waals surface area contributed by atoms with Crippen LogP contribution in [0.4, 0.5) is 0 Å². The van der Waals surface area contributed by atoms with Gasteiger partial charge < -0.3 is 4.90 Å². The van der Waals surface area contributed by atoms with Gasteiger partial charge in [-0.1, -0.05) is 37.6 Å². The molecule has 0 bridgehead atoms. The molecule has 0 saturated carbocycles. The van der Waals surface area contributed by atoms with Crippen molar-refractivity contribution in [2.24, 2.45) is 5.92 Å². The predicted octanol–water partition coefficient (Wildman–Crippen LogP) is 3.80. The Kier molecular flexibility index (Phi) is 7.59. The fourth-order valence-electron chi connectivity index (χ4n) is 2.80. The Bertz CT molecular complexity index is 829. The van der Waals surface area contributed by atoms with E-state index in [1.54, 1.807) is 40.5 Å². The maximum absolute atomic E-state index is 13.1. The minimum absolute atomic E-state index is 0.177. The number of hydrogen-bond donors (Lipinski definition) is 1. The molecule has 5 nitrogen and oxygen atoms in total. The number of likely N-dealkylation sites (N-methyl/N-ethyl adjacent to an activating group) is 1. The quantitative estimate of drug-likeness (QED) is 0.686. The standard InChI is InChI=1S/C20H28N2O3S2/c1-5-22(14-17-7-6-12-26-17)20(23)19(13-15(2)3)21-27(24,25)18-10-8-16(4)9-11-18/h6-12,15,19,21H,5,13-14H2,1-4H3. The first-order chi connectivity index (χ1) is 12.7. The fraction of sp³-hybridized carbons (Fsp3) is 0.450. The van der Waals surface area contributed by atoms with Crippen molar-refractivity contribution in [3.05, 3.63) is 52.2 Å². The highest BCUT2D eigenvalue weighted by Crippen LogP contribution is 2.17. The number of carbonyl (C=O) groups excluding carboxylic acids is 1. The van der Waals surface area contributed by atoms with Gasteiger partial charge in [-0.05, 0) is 49.8 Å². The third-order valence-corrected chi connectivity index (χ3v) is 6.60. The number of nitrogens with zero attached hydrogens (tertiary/aromatic N) is 1. The van der Waals surface area contributed by atoms with Crippen LogP contribution in [0.25, 0.3) is 0 Å². The second-order valence-electron chi connectivity index (χ2n) is 7.05. The van der Waals surface area contributed by atoms with Crippen molar-refractivity contribution < 1.29 is 13.2 Å². The average Bonchev–Trinajstić information content (AvgIpc) is 3.11. The van der Waals surface area contributed by atoms with Crippen molar-refractivity contribution in [2.75, 3.05) is 6.54 Å². The molecule has 1 heterocycles. The number of sulfonamides is 1. The zero-order valence-electron chi connectivity index (χ0n) is 16.3. The summed E-state index contributed by atoms with van der Waals surface area (Å²) in [5, 5.41) is 1.97. The molecule has 2 aromatic rings. The van der Waals surface area contributed by atoms with E-state index in [0.717, 1.165) is 10.4 Å². The summed E-state index contributed by atoms with van der Waals surface area (Å²) in [6.07, 6.45) is 0.449. The van der Waals surface area contributed by atoms with Crippen LogP contribution < -0.4 is 4.72 Å². The molecule has 1 aromatic carbocycles. The molecule has 0 radical (unpaired) electrons. The highest BCUT2D eigenvalue weighted by atomic mass is 32.2. The molecule has 7 heteroatoms. The minimum atomic E-state index is -3.77. The molecule has 0 aliphatic carbocycles. The van der Waals surface area contributed by atoms with Gasteiger partial charge in [-0.25, -0.2) is 8.42 Å². The number of thiophene rings is 1. The van der Waals surface area contributed by atoms with E-state index < -0.39 is 16.1 Å². The molecule has 0 spiro atoms. The largest absolute Gasteiger partial charge is 0.336 e. The van der Waals surface area contributed by atoms with E-state index >= 15 is 0 Å². The normalized spacial score (nSPS) is 12.9. The van der Waals surface area contributed by atoms with Gasteiger partial charge in [0.05, 0.1) is 11.4 Å². The van der Waals surface area contributed by atoms with Gasteiger partial charge in [0.25, 0.3) is 0 Å². The molecule has 148 valence electrons. The zero-order chi connectivity index (χ0) is 20.0. The molecule has 0 aliphatic rings. The molecule has 1 N–H and O–H groups in total. The lowest BCUT2D eigenvalue weighted by molar-refractivity contribution is -0.133. The number of carbonyl (C=O) groups is 1. The van der Waals surface area contributed by atoms with Gasteiger partial charge in [0, 0.05) is 11.4 Å². The number of rotatable bonds is 9. The van der Waals surface area contributed by atoms with Gasteiger partial charge in [-0.15, -0.1) is 11.3 Å². The van der Waals surface area contributed by atoms with Crippen LogP contribution in [0.2, 0.25) is 0 Å². The fourth-order valence-corrected chi connectivity index (χ4v) is 4.72. The molecule has 0 fully saturated rings. The Morgan fingerprint density at radius 3 is 2.37 bits per heavy atom. The lowest BCUT2D eigenvalue weighted by atomic mass is 10.0. The molecule has 1 amide bonds. The van der Waals surface area contributed by atoms with E-state index in [1.165, 1.54) is 0 Å². The van der Waals surface area contributed by atoms with Crippen molar-refractivity contribution in [1.82, 2.24) is 9.62 Å². The molecule has 0 saturated heterocycles. The van der Waals surface area contributed by atoms with E-state index in [0.29, 0.717) is 19.5 Å². The second kappa shape index (κ2) is 9.48. The first kappa shape index (κ1) is 21.6. The lowest BCUT2D eigenvalue weighted by Crippen LogP contribution is -2.48. The van der Waals surface area contributed by atoms with Gasteiger partial charge in [-0.3, -0.25) is 4.79 Å². The first-order valence-electron chi connectivity index (χ1n) is 9.13. The van der Waals surface area contributed by atoms with Crippen LogP contribution >= 0.6 is 11.3 Å². The molecule has 1 unspecified atom stereocenters. The van der Waals surface area contributed by atoms with E-state index in [-0.39, 0.29) is 16.7 Å². The van der Waals surface area contributed by atoms with Crippen LogP contribution in [0, 0.1) is 12.8 Å². The van der Waals surface area contributed by atoms with E-state index in [2.05, 4.69) is 4.72 Å². The molecular weight excluding hydrogens is 380 g/mol. The third-order valence-electron chi connectivity index (χ3n) is 4.25. The molecule has 27 heavy (non-hydrogen) atoms. The Labute approximate surface area is 166 Å². The lowest BCUT2D eigenvalue weighted by Gasteiger charge is -2.27. The topological polar surface area (TPSA) is 66.5 Å². The number of amides is 1. The maximum Gasteiger partial charge on any atom is 0.241 e. The van der Waals surface area contributed by atoms with Gasteiger partial charge in [-0.2, -0.15) is 4.72 Å². The summed E-state index contributed by atoms with van der Waals surface area (Å²) in [6, 6.07) is 9.79. The molecular formula is C20H28N2O3S2. The molecule has 1 aromatic heterocycles. The highest BCUT2D eigenvalue weighted by molar-refractivity contribution is 7.89. The minimum Gasteiger partial charge on any atom is -0.336 e. The van der Waals surface area contributed by atoms with Crippen molar-refractivity contribution >= 4 is 27.3 Å². The number of hydrogen-bond acceptors (Lipinski definition) is 4. The van der Waals surface area contributed by atoms with E-state index in [1.807, 2.05) is 45.2 Å². The Balaban J connectivity index is 2.22. The van der Waals surface area contributed by atoms with Crippen LogP contribution in [0.15, 0.2) is 46.7 Å². The maximum atomic E-state index is 13.1. The first-order valence-corrected chi connectivity index (χ1v) is 11.5. The Morgan fingerprint density at radius 2 is 1.85 bits per heavy atom. The Morgan fingerprint density at radius 1 is 1.19 bits per heavy atom. The Hall–Kier alpha value is -1.70. The number of benzene rings is 1. The number of nitrogens with one attached hydrogen (secondary N) is 1. The summed E-state index contributed by atoms with van der Waals surface area (Å²) in [6.45, 7) is 8.79. The zero-order valence-corrected chi connectivity index (χ0v) is 17.9. The summed E-state index contributed by atoms with van der Waals surface area (Å²) >= 11 is 1.59. The summed E-state index contributed by atoms with van der Waals surface area (Å²) in [7, 11) is -3.77. The number of aryl methyl sites for hydroxylation is 1. The summed E-state index contributed by atoms with van der Waals surface area (Å²) in [5.74, 6) is -0.00426. The van der Waals surface area contributed by atoms with Crippen molar-refractivity contribution in [3.8, 4) is 0 Å². The SMILES string of the molecule is CCN(Cc1cccs1)C(=O)C(CC(C)C)NS(=O)(=O)c1ccc(C)cc1. The summed E-state index contributed by atoms with van der Waals surface area (Å²) in [5.41, 5.74) is 0.983. The molecule has 1 atom stereocenters. The smallest absolute Gasteiger partial charge is 0.241 e. The highest BCUT2D eigenvalue weighted by Gasteiger charge is 2.29. The van der Waals surface area contributed by atoms with Gasteiger partial charge in [0.2, 0.25) is 15.9 Å². The van der Waals surface area contributed by atoms with E-state index in [4.69, 9.17) is 0 Å². The van der Waals surface area contributed by atoms with Crippen molar-refractivity contribution in [2.45, 2.75) is 51.6 Å². The van der Waals surface area contributed by atoms with Gasteiger partial charge >= 0.3 is 0 Å². The van der Waals surface area contributed by atoms with Crippen LogP contribution in [-0.4, -0.2) is 31.8 Å². The van der Waals surface area contributed by atoms with Crippen LogP contribution in [0.1, 0.15) is 37.6 Å². The summed E-state index contributed by atoms with van der Waals surface area (Å²) in [4.78, 5) is 16.1. The molecule has 2 rings (SSSR count). The monoisotopic (exact) mass is 408 g/mol. The van der Waals surface area contributed by atoms with E-state index in [9.17, 15) is 13.2 Å². The average molecular weight is 409 g/mol. The molecule has 0 aliphatic heterocycles. The van der Waals surface area contributed by atoms with Crippen molar-refractivity contribution in [1.29, 1.82) is 0 Å². The third kappa shape index (κ3) is 6.16. The van der Waals surface area contributed by atoms with Crippen molar-refractivity contribution in [3.63, 3.8) is 0 Å². The van der Waals surface area contributed by atoms with Crippen LogP contribution in [0.3, 0.4) is 0 Å². The van der Waals surface area contributed by atoms with Crippen LogP contribution in [0.5, 0.6) is 0 Å². The second-order valence-corrected chi connectivity index (χ2v) is 9.79. The van der Waals surface area contributed by atoms with Crippen LogP contribution in [-0.2, 0) is 21.4 Å².